The number of aliphatic hydroxyl groups excluding tert-OH is 2. The van der Waals surface area contributed by atoms with Crippen molar-refractivity contribution in [3.05, 3.63) is 27.5 Å². The first kappa shape index (κ1) is 12.9. The Kier molecular flexibility index (Phi) is 5.49. The van der Waals surface area contributed by atoms with E-state index in [0.29, 0.717) is 23.8 Å². The van der Waals surface area contributed by atoms with Crippen molar-refractivity contribution in [1.82, 2.24) is 10.3 Å². The summed E-state index contributed by atoms with van der Waals surface area (Å²) in [6.45, 7) is 0.786. The third kappa shape index (κ3) is 4.04. The van der Waals surface area contributed by atoms with Crippen LogP contribution in [0, 0.1) is 0 Å². The van der Waals surface area contributed by atoms with E-state index in [0.717, 1.165) is 4.47 Å². The SMILES string of the molecule is OCCNCC(O)c1ncc(Br)cc1Cl. The van der Waals surface area contributed by atoms with Gasteiger partial charge < -0.3 is 15.5 Å². The molecule has 0 amide bonds. The van der Waals surface area contributed by atoms with E-state index in [1.807, 2.05) is 0 Å². The molecule has 0 fully saturated rings. The fourth-order valence-corrected chi connectivity index (χ4v) is 1.84. The molecule has 1 rings (SSSR count). The molecule has 0 aliphatic heterocycles. The highest BCUT2D eigenvalue weighted by Gasteiger charge is 2.12. The molecule has 0 saturated heterocycles. The van der Waals surface area contributed by atoms with E-state index in [4.69, 9.17) is 16.7 Å². The third-order valence-corrected chi connectivity index (χ3v) is 2.51. The molecule has 0 aliphatic carbocycles. The van der Waals surface area contributed by atoms with Gasteiger partial charge in [-0.05, 0) is 22.0 Å². The average molecular weight is 296 g/mol. The van der Waals surface area contributed by atoms with E-state index in [9.17, 15) is 5.11 Å². The summed E-state index contributed by atoms with van der Waals surface area (Å²) in [7, 11) is 0. The van der Waals surface area contributed by atoms with Crippen molar-refractivity contribution >= 4 is 27.5 Å². The largest absolute Gasteiger partial charge is 0.395 e. The molecule has 0 aromatic carbocycles. The van der Waals surface area contributed by atoms with Gasteiger partial charge in [0.15, 0.2) is 0 Å². The molecule has 0 radical (unpaired) electrons. The molecule has 0 bridgehead atoms. The van der Waals surface area contributed by atoms with Crippen LogP contribution in [0.25, 0.3) is 0 Å². The van der Waals surface area contributed by atoms with Crippen molar-refractivity contribution in [2.45, 2.75) is 6.10 Å². The van der Waals surface area contributed by atoms with Crippen molar-refractivity contribution in [3.8, 4) is 0 Å². The molecular formula is C9H12BrClN2O2. The summed E-state index contributed by atoms with van der Waals surface area (Å²) in [5.74, 6) is 0. The average Bonchev–Trinajstić information content (AvgIpc) is 2.17. The molecule has 1 heterocycles. The van der Waals surface area contributed by atoms with Gasteiger partial charge >= 0.3 is 0 Å². The Bertz CT molecular complexity index is 325. The monoisotopic (exact) mass is 294 g/mol. The number of hydrogen-bond acceptors (Lipinski definition) is 4. The second kappa shape index (κ2) is 6.40. The second-order valence-corrected chi connectivity index (χ2v) is 4.29. The lowest BCUT2D eigenvalue weighted by molar-refractivity contribution is 0.166. The van der Waals surface area contributed by atoms with Crippen molar-refractivity contribution in [2.75, 3.05) is 19.7 Å². The molecule has 0 spiro atoms. The lowest BCUT2D eigenvalue weighted by Gasteiger charge is -2.12. The molecule has 1 atom stereocenters. The van der Waals surface area contributed by atoms with Gasteiger partial charge in [0.05, 0.1) is 17.3 Å². The van der Waals surface area contributed by atoms with Crippen LogP contribution in [-0.2, 0) is 0 Å². The summed E-state index contributed by atoms with van der Waals surface area (Å²) in [6, 6.07) is 1.68. The highest BCUT2D eigenvalue weighted by Crippen LogP contribution is 2.23. The van der Waals surface area contributed by atoms with Crippen LogP contribution in [0.15, 0.2) is 16.7 Å². The van der Waals surface area contributed by atoms with Crippen molar-refractivity contribution in [2.24, 2.45) is 0 Å². The Balaban J connectivity index is 2.61. The van der Waals surface area contributed by atoms with Crippen LogP contribution >= 0.6 is 27.5 Å². The van der Waals surface area contributed by atoms with Gasteiger partial charge in [-0.25, -0.2) is 0 Å². The number of pyridine rings is 1. The Morgan fingerprint density at radius 2 is 2.33 bits per heavy atom. The number of hydrogen-bond donors (Lipinski definition) is 3. The molecule has 15 heavy (non-hydrogen) atoms. The van der Waals surface area contributed by atoms with Crippen LogP contribution in [0.5, 0.6) is 0 Å². The molecule has 0 aliphatic rings. The maximum Gasteiger partial charge on any atom is 0.110 e. The Hall–Kier alpha value is -0.200. The number of aromatic nitrogens is 1. The van der Waals surface area contributed by atoms with Gasteiger partial charge in [0.25, 0.3) is 0 Å². The Morgan fingerprint density at radius 3 is 2.93 bits per heavy atom. The van der Waals surface area contributed by atoms with Crippen LogP contribution in [0.1, 0.15) is 11.8 Å². The zero-order chi connectivity index (χ0) is 11.3. The minimum absolute atomic E-state index is 0.0359. The zero-order valence-electron chi connectivity index (χ0n) is 7.95. The van der Waals surface area contributed by atoms with E-state index in [1.165, 1.54) is 0 Å². The fourth-order valence-electron chi connectivity index (χ4n) is 1.08. The number of nitrogens with zero attached hydrogens (tertiary/aromatic N) is 1. The molecule has 6 heteroatoms. The van der Waals surface area contributed by atoms with Gasteiger partial charge in [-0.15, -0.1) is 0 Å². The summed E-state index contributed by atoms with van der Waals surface area (Å²) in [5.41, 5.74) is 0.435. The quantitative estimate of drug-likeness (QED) is 0.712. The lowest BCUT2D eigenvalue weighted by Crippen LogP contribution is -2.25. The number of rotatable bonds is 5. The van der Waals surface area contributed by atoms with Gasteiger partial charge in [0.1, 0.15) is 6.10 Å². The Labute approximate surface area is 101 Å². The summed E-state index contributed by atoms with van der Waals surface area (Å²) in [4.78, 5) is 4.03. The molecule has 1 aromatic heterocycles. The van der Waals surface area contributed by atoms with Gasteiger partial charge in [-0.2, -0.15) is 0 Å². The summed E-state index contributed by atoms with van der Waals surface area (Å²) < 4.78 is 0.770. The van der Waals surface area contributed by atoms with E-state index in [2.05, 4.69) is 26.2 Å². The maximum atomic E-state index is 9.71. The number of halogens is 2. The first-order valence-electron chi connectivity index (χ1n) is 4.45. The first-order chi connectivity index (χ1) is 7.15. The highest BCUT2D eigenvalue weighted by molar-refractivity contribution is 9.10. The van der Waals surface area contributed by atoms with E-state index in [1.54, 1.807) is 12.3 Å². The molecule has 0 saturated carbocycles. The van der Waals surface area contributed by atoms with E-state index >= 15 is 0 Å². The molecule has 1 unspecified atom stereocenters. The van der Waals surface area contributed by atoms with Crippen molar-refractivity contribution in [3.63, 3.8) is 0 Å². The summed E-state index contributed by atoms with van der Waals surface area (Å²) >= 11 is 9.14. The predicted octanol–water partition coefficient (Wildman–Crippen LogP) is 1.11. The van der Waals surface area contributed by atoms with Gasteiger partial charge in [0.2, 0.25) is 0 Å². The Morgan fingerprint density at radius 1 is 1.60 bits per heavy atom. The summed E-state index contributed by atoms with van der Waals surface area (Å²) in [6.07, 6.45) is 0.813. The van der Waals surface area contributed by atoms with Crippen LogP contribution in [0.2, 0.25) is 5.02 Å². The molecule has 1 aromatic rings. The molecule has 84 valence electrons. The first-order valence-corrected chi connectivity index (χ1v) is 5.63. The molecular weight excluding hydrogens is 283 g/mol. The zero-order valence-corrected chi connectivity index (χ0v) is 10.3. The lowest BCUT2D eigenvalue weighted by atomic mass is 10.2. The van der Waals surface area contributed by atoms with Gasteiger partial charge in [-0.3, -0.25) is 4.98 Å². The second-order valence-electron chi connectivity index (χ2n) is 2.96. The maximum absolute atomic E-state index is 9.71. The smallest absolute Gasteiger partial charge is 0.110 e. The van der Waals surface area contributed by atoms with Crippen molar-refractivity contribution in [1.29, 1.82) is 0 Å². The summed E-state index contributed by atoms with van der Waals surface area (Å²) in [5, 5.41) is 21.5. The topological polar surface area (TPSA) is 65.4 Å². The van der Waals surface area contributed by atoms with Crippen LogP contribution in [0.3, 0.4) is 0 Å². The van der Waals surface area contributed by atoms with Crippen LogP contribution < -0.4 is 5.32 Å². The van der Waals surface area contributed by atoms with Crippen molar-refractivity contribution < 1.29 is 10.2 Å². The number of aliphatic hydroxyl groups is 2. The van der Waals surface area contributed by atoms with E-state index in [-0.39, 0.29) is 6.61 Å². The van der Waals surface area contributed by atoms with Crippen LogP contribution in [0.4, 0.5) is 0 Å². The van der Waals surface area contributed by atoms with Gasteiger partial charge in [-0.1, -0.05) is 11.6 Å². The highest BCUT2D eigenvalue weighted by atomic mass is 79.9. The normalized spacial score (nSPS) is 12.8. The third-order valence-electron chi connectivity index (χ3n) is 1.78. The van der Waals surface area contributed by atoms with Crippen LogP contribution in [-0.4, -0.2) is 34.9 Å². The van der Waals surface area contributed by atoms with E-state index < -0.39 is 6.10 Å². The minimum atomic E-state index is -0.767. The van der Waals surface area contributed by atoms with Gasteiger partial charge in [0, 0.05) is 23.8 Å². The molecule has 3 N–H and O–H groups in total. The fraction of sp³-hybridized carbons (Fsp3) is 0.444. The minimum Gasteiger partial charge on any atom is -0.395 e. The number of nitrogens with one attached hydrogen (secondary N) is 1. The standard InChI is InChI=1S/C9H12BrClN2O2/c10-6-3-7(11)9(13-4-6)8(15)5-12-1-2-14/h3-4,8,12,14-15H,1-2,5H2. The predicted molar refractivity (Wildman–Crippen MR) is 61.9 cm³/mol. The molecule has 4 nitrogen and oxygen atoms in total.